The molecule has 0 saturated heterocycles. The minimum atomic E-state index is -2.20. The van der Waals surface area contributed by atoms with Crippen LogP contribution in [0.2, 0.25) is 0 Å². The lowest BCUT2D eigenvalue weighted by Gasteiger charge is -2.08. The summed E-state index contributed by atoms with van der Waals surface area (Å²) in [5.41, 5.74) is 1.47. The maximum Gasteiger partial charge on any atom is 0.317 e. The highest BCUT2D eigenvalue weighted by Crippen LogP contribution is 2.68. The molecular weight excluding hydrogens is 763 g/mol. The van der Waals surface area contributed by atoms with Crippen LogP contribution >= 0.6 is 65.6 Å². The van der Waals surface area contributed by atoms with Crippen LogP contribution in [-0.4, -0.2) is 29.1 Å². The van der Waals surface area contributed by atoms with E-state index in [1.165, 1.54) is 17.4 Å². The van der Waals surface area contributed by atoms with Crippen molar-refractivity contribution < 1.29 is 4.57 Å². The van der Waals surface area contributed by atoms with Gasteiger partial charge in [0.1, 0.15) is 5.52 Å². The summed E-state index contributed by atoms with van der Waals surface area (Å²) in [6, 6.07) is 7.19. The zero-order chi connectivity index (χ0) is 26.7. The van der Waals surface area contributed by atoms with E-state index in [0.29, 0.717) is 39.8 Å². The number of pyridine rings is 2. The van der Waals surface area contributed by atoms with E-state index in [0.717, 1.165) is 24.9 Å². The zero-order valence-corrected chi connectivity index (χ0v) is 26.4. The molecule has 15 heteroatoms. The summed E-state index contributed by atoms with van der Waals surface area (Å²) >= 11 is 11.5. The van der Waals surface area contributed by atoms with Gasteiger partial charge in [0.15, 0.2) is 15.9 Å². The highest BCUT2D eigenvalue weighted by atomic mass is 80.0. The number of hydrogen-bond acceptors (Lipinski definition) is 7. The van der Waals surface area contributed by atoms with Gasteiger partial charge in [0.05, 0.1) is 5.52 Å². The largest absolute Gasteiger partial charge is 0.317 e. The van der Waals surface area contributed by atoms with Gasteiger partial charge in [0.25, 0.3) is 8.81 Å². The predicted molar refractivity (Wildman–Crippen MR) is 158 cm³/mol. The maximum absolute atomic E-state index is 12.0. The molecule has 0 unspecified atom stereocenters. The first-order valence-corrected chi connectivity index (χ1v) is 19.8. The molecule has 37 heavy (non-hydrogen) atoms. The Morgan fingerprint density at radius 3 is 1.95 bits per heavy atom. The normalized spacial score (nSPS) is 15.0. The number of H-pyrrole nitrogens is 1. The van der Waals surface area contributed by atoms with Crippen LogP contribution in [0.15, 0.2) is 55.6 Å². The van der Waals surface area contributed by atoms with E-state index in [2.05, 4.69) is 82.3 Å². The number of fused-ring (bicyclic) bond motifs is 2. The van der Waals surface area contributed by atoms with Crippen molar-refractivity contribution in [3.8, 4) is 0 Å². The van der Waals surface area contributed by atoms with E-state index in [1.54, 1.807) is 29.1 Å². The molecule has 10 nitrogen and oxygen atoms in total. The molecule has 4 heterocycles. The number of nitrogens with one attached hydrogen (secondary N) is 1. The fourth-order valence-corrected chi connectivity index (χ4v) is 4.01. The third-order valence-corrected chi connectivity index (χ3v) is 6.18. The third kappa shape index (κ3) is 8.26. The Bertz CT molecular complexity index is 1650. The molecule has 0 atom stereocenters. The van der Waals surface area contributed by atoms with Crippen molar-refractivity contribution in [2.45, 2.75) is 38.8 Å². The molecular formula is C22H21Br4N6O4P. The summed E-state index contributed by atoms with van der Waals surface area (Å²) in [5, 5.41) is 0. The topological polar surface area (TPSA) is 133 Å². The highest BCUT2D eigenvalue weighted by Gasteiger charge is 2.24. The molecule has 2 saturated carbocycles. The number of hydrogen-bond donors (Lipinski definition) is 1. The number of aromatic amines is 1. The number of rotatable bonds is 4. The van der Waals surface area contributed by atoms with Crippen LogP contribution in [0, 0.1) is 11.8 Å². The van der Waals surface area contributed by atoms with Gasteiger partial charge in [-0.15, -0.1) is 0 Å². The average molecular weight is 784 g/mol. The Hall–Kier alpha value is -1.47. The van der Waals surface area contributed by atoms with Crippen LogP contribution < -0.4 is 16.7 Å². The first kappa shape index (κ1) is 28.5. The maximum atomic E-state index is 12.0. The van der Waals surface area contributed by atoms with Gasteiger partial charge in [0.2, 0.25) is 0 Å². The quantitative estimate of drug-likeness (QED) is 0.206. The highest BCUT2D eigenvalue weighted by molar-refractivity contribution is 9.94. The van der Waals surface area contributed by atoms with Crippen LogP contribution in [0.5, 0.6) is 0 Å². The lowest BCUT2D eigenvalue weighted by Crippen LogP contribution is -2.37. The lowest BCUT2D eigenvalue weighted by atomic mass is 10.3. The van der Waals surface area contributed by atoms with Crippen LogP contribution in [0.4, 0.5) is 0 Å². The van der Waals surface area contributed by atoms with Crippen molar-refractivity contribution in [2.75, 3.05) is 0 Å². The molecule has 0 aliphatic heterocycles. The third-order valence-electron chi connectivity index (χ3n) is 5.67. The SMILES string of the molecule is O=P(Br)(Br)Br.O=c1[nH]c2cccnc2n(CC2CC2)c1=O.O=c1c(Br)nc2cccnc2n1CC1CC1. The second-order valence-electron chi connectivity index (χ2n) is 8.69. The first-order chi connectivity index (χ1) is 17.5. The number of aromatic nitrogens is 6. The van der Waals surface area contributed by atoms with Gasteiger partial charge in [-0.2, -0.15) is 0 Å². The van der Waals surface area contributed by atoms with E-state index < -0.39 is 14.4 Å². The Labute approximate surface area is 243 Å². The van der Waals surface area contributed by atoms with Crippen LogP contribution in [0.3, 0.4) is 0 Å². The minimum Gasteiger partial charge on any atom is -0.315 e. The summed E-state index contributed by atoms with van der Waals surface area (Å²) in [7, 11) is 0. The Kier molecular flexibility index (Phi) is 9.37. The van der Waals surface area contributed by atoms with E-state index >= 15 is 0 Å². The predicted octanol–water partition coefficient (Wildman–Crippen LogP) is 5.74. The Balaban J connectivity index is 0.000000147. The number of nitrogens with zero attached hydrogens (tertiary/aromatic N) is 5. The van der Waals surface area contributed by atoms with E-state index in [1.807, 2.05) is 12.1 Å². The summed E-state index contributed by atoms with van der Waals surface area (Å²) in [4.78, 5) is 50.2. The first-order valence-electron chi connectivity index (χ1n) is 11.3. The molecule has 4 aromatic rings. The molecule has 4 aromatic heterocycles. The second kappa shape index (κ2) is 12.1. The molecule has 0 spiro atoms. The van der Waals surface area contributed by atoms with E-state index in [4.69, 9.17) is 0 Å². The van der Waals surface area contributed by atoms with Gasteiger partial charge in [-0.05, 0) is 77.7 Å². The summed E-state index contributed by atoms with van der Waals surface area (Å²) in [5.74, 6) is 1.17. The molecule has 0 aromatic carbocycles. The molecule has 0 bridgehead atoms. The van der Waals surface area contributed by atoms with Gasteiger partial charge in [-0.1, -0.05) is 0 Å². The molecule has 2 aliphatic carbocycles. The number of halogens is 4. The Morgan fingerprint density at radius 2 is 1.38 bits per heavy atom. The van der Waals surface area contributed by atoms with E-state index in [9.17, 15) is 18.9 Å². The lowest BCUT2D eigenvalue weighted by molar-refractivity contribution is 0.603. The molecule has 2 fully saturated rings. The fourth-order valence-electron chi connectivity index (χ4n) is 3.61. The molecule has 6 rings (SSSR count). The molecule has 0 radical (unpaired) electrons. The van der Waals surface area contributed by atoms with Gasteiger partial charge in [-0.25, -0.2) is 15.0 Å². The summed E-state index contributed by atoms with van der Waals surface area (Å²) in [6.45, 7) is 1.36. The molecule has 196 valence electrons. The van der Waals surface area contributed by atoms with Crippen LogP contribution in [0.25, 0.3) is 22.3 Å². The van der Waals surface area contributed by atoms with Crippen molar-refractivity contribution >= 4 is 88.0 Å². The van der Waals surface area contributed by atoms with Gasteiger partial charge >= 0.3 is 11.1 Å². The molecule has 0 amide bonds. The zero-order valence-electron chi connectivity index (χ0n) is 19.2. The summed E-state index contributed by atoms with van der Waals surface area (Å²) in [6.07, 6.45) is 8.01. The van der Waals surface area contributed by atoms with Crippen LogP contribution in [0.1, 0.15) is 25.7 Å². The van der Waals surface area contributed by atoms with Gasteiger partial charge in [-0.3, -0.25) is 28.1 Å². The Morgan fingerprint density at radius 1 is 0.865 bits per heavy atom. The molecule has 1 N–H and O–H groups in total. The van der Waals surface area contributed by atoms with E-state index in [-0.39, 0.29) is 5.56 Å². The second-order valence-corrected chi connectivity index (χ2v) is 27.8. The standard InChI is InChI=1S/C11H10BrN3O.C11H11N3O2.Br3OP/c12-9-11(16)15(6-7-3-4-7)10-8(14-9)2-1-5-13-10;15-10-11(16)14(6-7-3-4-7)9-8(13-10)2-1-5-12-9;1-5(2,3)4/h1-2,5,7H,3-4,6H2;1-2,5,7H,3-4,6H2,(H,13,15);. The van der Waals surface area contributed by atoms with Gasteiger partial charge < -0.3 is 4.98 Å². The average Bonchev–Trinajstić information content (AvgIpc) is 3.76. The van der Waals surface area contributed by atoms with Gasteiger partial charge in [0, 0.05) is 72.0 Å². The van der Waals surface area contributed by atoms with Crippen molar-refractivity contribution in [3.63, 3.8) is 0 Å². The van der Waals surface area contributed by atoms with Crippen LogP contribution in [-0.2, 0) is 17.7 Å². The molecule has 2 aliphatic rings. The smallest absolute Gasteiger partial charge is 0.315 e. The van der Waals surface area contributed by atoms with Crippen molar-refractivity contribution in [3.05, 3.63) is 72.3 Å². The minimum absolute atomic E-state index is 0.0851. The van der Waals surface area contributed by atoms with Crippen molar-refractivity contribution in [1.29, 1.82) is 0 Å². The van der Waals surface area contributed by atoms with Crippen molar-refractivity contribution in [2.24, 2.45) is 11.8 Å². The summed E-state index contributed by atoms with van der Waals surface area (Å²) < 4.78 is 11.4. The van der Waals surface area contributed by atoms with Crippen molar-refractivity contribution in [1.82, 2.24) is 29.1 Å². The fraction of sp³-hybridized carbons (Fsp3) is 0.364. The monoisotopic (exact) mass is 780 g/mol.